The monoisotopic (exact) mass is 445 g/mol. The van der Waals surface area contributed by atoms with Gasteiger partial charge in [0.15, 0.2) is 11.5 Å². The number of nitrogens with one attached hydrogen (secondary N) is 1. The highest BCUT2D eigenvalue weighted by Gasteiger charge is 2.34. The minimum absolute atomic E-state index is 0.0223. The lowest BCUT2D eigenvalue weighted by atomic mass is 10.1. The molecule has 1 aliphatic rings. The highest BCUT2D eigenvalue weighted by atomic mass is 16.6. The molecule has 1 aliphatic heterocycles. The minimum Gasteiger partial charge on any atom is -0.493 e. The molecular formula is C24H19N3O6. The summed E-state index contributed by atoms with van der Waals surface area (Å²) in [7, 11) is 1.47. The van der Waals surface area contributed by atoms with Crippen LogP contribution in [0.5, 0.6) is 11.5 Å². The van der Waals surface area contributed by atoms with Crippen LogP contribution in [0.4, 0.5) is 11.4 Å². The molecule has 3 aromatic carbocycles. The summed E-state index contributed by atoms with van der Waals surface area (Å²) in [6.45, 7) is 0.0223. The molecule has 0 unspecified atom stereocenters. The topological polar surface area (TPSA) is 111 Å². The van der Waals surface area contributed by atoms with E-state index in [0.717, 1.165) is 0 Å². The molecule has 2 amide bonds. The molecule has 0 radical (unpaired) electrons. The van der Waals surface area contributed by atoms with E-state index >= 15 is 0 Å². The van der Waals surface area contributed by atoms with Gasteiger partial charge >= 0.3 is 0 Å². The Balaban J connectivity index is 1.64. The van der Waals surface area contributed by atoms with Crippen LogP contribution in [0.3, 0.4) is 0 Å². The van der Waals surface area contributed by atoms with Crippen LogP contribution in [0.2, 0.25) is 0 Å². The summed E-state index contributed by atoms with van der Waals surface area (Å²) in [5, 5.41) is 12.2. The molecule has 0 aliphatic carbocycles. The van der Waals surface area contributed by atoms with Gasteiger partial charge in [-0.25, -0.2) is 5.01 Å². The van der Waals surface area contributed by atoms with Crippen molar-refractivity contribution in [3.05, 3.63) is 99.6 Å². The Labute approximate surface area is 189 Å². The van der Waals surface area contributed by atoms with E-state index in [1.807, 2.05) is 6.07 Å². The number of nitrogens with zero attached hydrogens (tertiary/aromatic N) is 2. The molecule has 1 saturated heterocycles. The number of benzene rings is 3. The van der Waals surface area contributed by atoms with Crippen molar-refractivity contribution in [2.45, 2.75) is 6.61 Å². The highest BCUT2D eigenvalue weighted by Crippen LogP contribution is 2.34. The minimum atomic E-state index is -0.545. The van der Waals surface area contributed by atoms with Crippen molar-refractivity contribution in [2.24, 2.45) is 0 Å². The lowest BCUT2D eigenvalue weighted by molar-refractivity contribution is -0.384. The van der Waals surface area contributed by atoms with Crippen LogP contribution in [0.15, 0.2) is 78.4 Å². The number of anilines is 1. The predicted molar refractivity (Wildman–Crippen MR) is 120 cm³/mol. The molecule has 33 heavy (non-hydrogen) atoms. The molecule has 0 aromatic heterocycles. The van der Waals surface area contributed by atoms with Crippen molar-refractivity contribution < 1.29 is 24.0 Å². The maximum absolute atomic E-state index is 12.9. The van der Waals surface area contributed by atoms with Gasteiger partial charge in [-0.3, -0.25) is 25.1 Å². The van der Waals surface area contributed by atoms with Crippen molar-refractivity contribution in [2.75, 3.05) is 12.1 Å². The van der Waals surface area contributed by atoms with Gasteiger partial charge in [0.1, 0.15) is 12.2 Å². The van der Waals surface area contributed by atoms with Gasteiger partial charge in [0, 0.05) is 17.7 Å². The maximum atomic E-state index is 12.9. The van der Waals surface area contributed by atoms with Crippen molar-refractivity contribution >= 4 is 29.3 Å². The molecule has 3 aromatic rings. The third-order valence-corrected chi connectivity index (χ3v) is 4.94. The third-order valence-electron chi connectivity index (χ3n) is 4.94. The normalized spacial score (nSPS) is 14.3. The standard InChI is InChI=1S/C24H19N3O6/c1-32-21-12-6-8-17(22(21)33-15-16-7-5-11-19(13-16)27(30)31)14-20-23(28)25-26(24(20)29)18-9-3-2-4-10-18/h2-14H,15H2,1H3,(H,25,28). The highest BCUT2D eigenvalue weighted by molar-refractivity contribution is 6.31. The summed E-state index contributed by atoms with van der Waals surface area (Å²) in [4.78, 5) is 36.0. The largest absolute Gasteiger partial charge is 0.493 e. The van der Waals surface area contributed by atoms with Gasteiger partial charge in [-0.05, 0) is 29.8 Å². The molecule has 1 N–H and O–H groups in total. The Bertz CT molecular complexity index is 1260. The second-order valence-electron chi connectivity index (χ2n) is 7.07. The Kier molecular flexibility index (Phi) is 6.03. The van der Waals surface area contributed by atoms with E-state index in [0.29, 0.717) is 28.3 Å². The molecule has 9 nitrogen and oxygen atoms in total. The van der Waals surface area contributed by atoms with Crippen molar-refractivity contribution in [1.82, 2.24) is 5.43 Å². The Morgan fingerprint density at radius 1 is 1.03 bits per heavy atom. The van der Waals surface area contributed by atoms with E-state index in [9.17, 15) is 19.7 Å². The van der Waals surface area contributed by atoms with E-state index in [1.54, 1.807) is 54.6 Å². The Morgan fingerprint density at radius 3 is 2.52 bits per heavy atom. The van der Waals surface area contributed by atoms with Crippen molar-refractivity contribution in [3.63, 3.8) is 0 Å². The van der Waals surface area contributed by atoms with Crippen LogP contribution in [0, 0.1) is 10.1 Å². The second kappa shape index (κ2) is 9.23. The number of carbonyl (C=O) groups is 2. The number of rotatable bonds is 7. The van der Waals surface area contributed by atoms with Gasteiger partial charge in [0.2, 0.25) is 0 Å². The summed E-state index contributed by atoms with van der Waals surface area (Å²) in [5.74, 6) is -0.353. The van der Waals surface area contributed by atoms with Gasteiger partial charge in [-0.15, -0.1) is 0 Å². The quantitative estimate of drug-likeness (QED) is 0.257. The van der Waals surface area contributed by atoms with Gasteiger partial charge in [-0.1, -0.05) is 42.5 Å². The van der Waals surface area contributed by atoms with Gasteiger partial charge in [-0.2, -0.15) is 0 Å². The van der Waals surface area contributed by atoms with Gasteiger partial charge < -0.3 is 9.47 Å². The zero-order valence-electron chi connectivity index (χ0n) is 17.6. The molecule has 9 heteroatoms. The average molecular weight is 445 g/mol. The number of nitro groups is 1. The zero-order chi connectivity index (χ0) is 23.4. The number of non-ortho nitro benzene ring substituents is 1. The molecular weight excluding hydrogens is 426 g/mol. The van der Waals surface area contributed by atoms with Crippen molar-refractivity contribution in [3.8, 4) is 11.5 Å². The molecule has 0 atom stereocenters. The lowest BCUT2D eigenvalue weighted by Gasteiger charge is -2.14. The Hall–Kier alpha value is -4.66. The van der Waals surface area contributed by atoms with E-state index in [2.05, 4.69) is 5.43 Å². The fourth-order valence-electron chi connectivity index (χ4n) is 3.35. The number of nitro benzene ring substituents is 1. The van der Waals surface area contributed by atoms with Crippen LogP contribution in [-0.2, 0) is 16.2 Å². The first-order valence-electron chi connectivity index (χ1n) is 9.93. The number of methoxy groups -OCH3 is 1. The first kappa shape index (κ1) is 21.6. The Morgan fingerprint density at radius 2 is 1.79 bits per heavy atom. The average Bonchev–Trinajstić information content (AvgIpc) is 3.12. The van der Waals surface area contributed by atoms with Gasteiger partial charge in [0.25, 0.3) is 17.5 Å². The summed E-state index contributed by atoms with van der Waals surface area (Å²) in [6.07, 6.45) is 1.44. The lowest BCUT2D eigenvalue weighted by Crippen LogP contribution is -2.35. The number of hydrogen-bond acceptors (Lipinski definition) is 6. The first-order valence-corrected chi connectivity index (χ1v) is 9.93. The van der Waals surface area contributed by atoms with Crippen LogP contribution in [-0.4, -0.2) is 23.8 Å². The summed E-state index contributed by atoms with van der Waals surface area (Å²) in [6, 6.07) is 19.9. The number of hydrogen-bond donors (Lipinski definition) is 1. The van der Waals surface area contributed by atoms with Crippen LogP contribution < -0.4 is 19.9 Å². The maximum Gasteiger partial charge on any atom is 0.282 e. The zero-order valence-corrected chi connectivity index (χ0v) is 17.6. The van der Waals surface area contributed by atoms with E-state index in [-0.39, 0.29) is 17.9 Å². The fraction of sp³-hybridized carbons (Fsp3) is 0.0833. The second-order valence-corrected chi connectivity index (χ2v) is 7.07. The van der Waals surface area contributed by atoms with Crippen LogP contribution in [0.25, 0.3) is 6.08 Å². The predicted octanol–water partition coefficient (Wildman–Crippen LogP) is 3.64. The van der Waals surface area contributed by atoms with Crippen LogP contribution >= 0.6 is 0 Å². The van der Waals surface area contributed by atoms with E-state index in [1.165, 1.54) is 30.3 Å². The van der Waals surface area contributed by atoms with E-state index < -0.39 is 16.7 Å². The molecule has 0 spiro atoms. The third kappa shape index (κ3) is 4.52. The van der Waals surface area contributed by atoms with Crippen molar-refractivity contribution in [1.29, 1.82) is 0 Å². The molecule has 1 heterocycles. The molecule has 166 valence electrons. The van der Waals surface area contributed by atoms with Gasteiger partial charge in [0.05, 0.1) is 17.7 Å². The molecule has 1 fully saturated rings. The number of ether oxygens (including phenoxy) is 2. The van der Waals surface area contributed by atoms with Crippen LogP contribution in [0.1, 0.15) is 11.1 Å². The first-order chi connectivity index (χ1) is 16.0. The van der Waals surface area contributed by atoms with E-state index in [4.69, 9.17) is 9.47 Å². The molecule has 0 bridgehead atoms. The summed E-state index contributed by atoms with van der Waals surface area (Å²) >= 11 is 0. The number of carbonyl (C=O) groups excluding carboxylic acids is 2. The molecule has 0 saturated carbocycles. The number of hydrazine groups is 1. The number of para-hydroxylation sites is 2. The fourth-order valence-corrected chi connectivity index (χ4v) is 3.35. The number of amides is 2. The summed E-state index contributed by atoms with van der Waals surface area (Å²) in [5.41, 5.74) is 4.01. The smallest absolute Gasteiger partial charge is 0.282 e. The SMILES string of the molecule is COc1cccc(C=C2C(=O)NN(c3ccccc3)C2=O)c1OCc1cccc([N+](=O)[O-])c1. The summed E-state index contributed by atoms with van der Waals surface area (Å²) < 4.78 is 11.3. The molecule has 4 rings (SSSR count).